The summed E-state index contributed by atoms with van der Waals surface area (Å²) in [5, 5.41) is 4.17. The second-order valence-corrected chi connectivity index (χ2v) is 4.69. The van der Waals surface area contributed by atoms with Crippen LogP contribution in [-0.4, -0.2) is 15.8 Å². The number of aryl methyl sites for hydroxylation is 1. The van der Waals surface area contributed by atoms with E-state index in [1.807, 2.05) is 17.8 Å². The number of benzene rings is 1. The molecule has 0 saturated heterocycles. The van der Waals surface area contributed by atoms with Crippen molar-refractivity contribution in [2.75, 3.05) is 0 Å². The molecule has 0 fully saturated rings. The summed E-state index contributed by atoms with van der Waals surface area (Å²) >= 11 is 0. The molecule has 0 aliphatic rings. The first-order valence-electron chi connectivity index (χ1n) is 6.54. The predicted octanol–water partition coefficient (Wildman–Crippen LogP) is 1.80. The lowest BCUT2D eigenvalue weighted by Crippen LogP contribution is -2.38. The summed E-state index contributed by atoms with van der Waals surface area (Å²) in [6, 6.07) is 3.99. The molecule has 2 rings (SSSR count). The fraction of sp³-hybridized carbons (Fsp3) is 0.357. The highest BCUT2D eigenvalue weighted by molar-refractivity contribution is 5.20. The van der Waals surface area contributed by atoms with Gasteiger partial charge in [0.2, 0.25) is 0 Å². The molecule has 0 aliphatic carbocycles. The monoisotopic (exact) mass is 280 g/mol. The van der Waals surface area contributed by atoms with Gasteiger partial charge < -0.3 is 0 Å². The van der Waals surface area contributed by atoms with Crippen LogP contribution >= 0.6 is 0 Å². The minimum atomic E-state index is -0.836. The van der Waals surface area contributed by atoms with Crippen molar-refractivity contribution in [2.45, 2.75) is 32.4 Å². The Morgan fingerprint density at radius 1 is 1.35 bits per heavy atom. The van der Waals surface area contributed by atoms with Crippen molar-refractivity contribution < 1.29 is 8.78 Å². The van der Waals surface area contributed by atoms with Gasteiger partial charge in [0.05, 0.1) is 6.20 Å². The second-order valence-electron chi connectivity index (χ2n) is 4.69. The number of nitrogens with zero attached hydrogens (tertiary/aromatic N) is 2. The topological polar surface area (TPSA) is 55.9 Å². The molecule has 0 spiro atoms. The summed E-state index contributed by atoms with van der Waals surface area (Å²) in [5.41, 5.74) is 3.97. The van der Waals surface area contributed by atoms with Gasteiger partial charge in [-0.3, -0.25) is 16.0 Å². The maximum atomic E-state index is 13.6. The zero-order valence-electron chi connectivity index (χ0n) is 11.3. The van der Waals surface area contributed by atoms with E-state index >= 15 is 0 Å². The lowest BCUT2D eigenvalue weighted by Gasteiger charge is -2.15. The molecule has 1 aromatic carbocycles. The van der Waals surface area contributed by atoms with Crippen LogP contribution in [-0.2, 0) is 19.4 Å². The maximum Gasteiger partial charge on any atom is 0.162 e. The van der Waals surface area contributed by atoms with E-state index < -0.39 is 11.6 Å². The van der Waals surface area contributed by atoms with Crippen molar-refractivity contribution in [3.05, 3.63) is 53.4 Å². The van der Waals surface area contributed by atoms with Gasteiger partial charge >= 0.3 is 0 Å². The van der Waals surface area contributed by atoms with E-state index in [-0.39, 0.29) is 6.04 Å². The van der Waals surface area contributed by atoms with Crippen LogP contribution in [0.1, 0.15) is 18.1 Å². The average Bonchev–Trinajstić information content (AvgIpc) is 2.90. The van der Waals surface area contributed by atoms with Crippen molar-refractivity contribution in [2.24, 2.45) is 5.84 Å². The molecule has 2 aromatic rings. The van der Waals surface area contributed by atoms with Crippen LogP contribution in [0.15, 0.2) is 30.6 Å². The highest BCUT2D eigenvalue weighted by atomic mass is 19.2. The molecule has 1 aromatic heterocycles. The van der Waals surface area contributed by atoms with E-state index in [2.05, 4.69) is 10.5 Å². The number of hydrogen-bond donors (Lipinski definition) is 2. The van der Waals surface area contributed by atoms with Gasteiger partial charge in [-0.25, -0.2) is 8.78 Å². The van der Waals surface area contributed by atoms with E-state index in [4.69, 9.17) is 5.84 Å². The summed E-state index contributed by atoms with van der Waals surface area (Å²) in [6.45, 7) is 2.79. The zero-order chi connectivity index (χ0) is 14.5. The van der Waals surface area contributed by atoms with Gasteiger partial charge in [0, 0.05) is 18.8 Å². The van der Waals surface area contributed by atoms with E-state index in [0.29, 0.717) is 18.4 Å². The third kappa shape index (κ3) is 3.40. The summed E-state index contributed by atoms with van der Waals surface area (Å²) in [4.78, 5) is 0. The molecular weight excluding hydrogens is 262 g/mol. The molecule has 6 heteroatoms. The molecule has 0 aliphatic heterocycles. The van der Waals surface area contributed by atoms with E-state index in [1.54, 1.807) is 12.3 Å². The highest BCUT2D eigenvalue weighted by Gasteiger charge is 2.14. The summed E-state index contributed by atoms with van der Waals surface area (Å²) in [6.07, 6.45) is 4.60. The molecule has 0 radical (unpaired) electrons. The van der Waals surface area contributed by atoms with Crippen molar-refractivity contribution in [3.63, 3.8) is 0 Å². The SMILES string of the molecule is CCn1cc(CC(Cc2cccc(F)c2F)NN)cn1. The number of halogens is 2. The number of hydrazine groups is 1. The minimum absolute atomic E-state index is 0.180. The van der Waals surface area contributed by atoms with Gasteiger partial charge in [-0.05, 0) is 37.0 Å². The van der Waals surface area contributed by atoms with Crippen LogP contribution in [0.2, 0.25) is 0 Å². The summed E-state index contributed by atoms with van der Waals surface area (Å²) in [5.74, 6) is 3.86. The molecule has 4 nitrogen and oxygen atoms in total. The van der Waals surface area contributed by atoms with Crippen molar-refractivity contribution in [1.82, 2.24) is 15.2 Å². The zero-order valence-corrected chi connectivity index (χ0v) is 11.3. The van der Waals surface area contributed by atoms with Crippen molar-refractivity contribution in [3.8, 4) is 0 Å². The standard InChI is InChI=1S/C14H18F2N4/c1-2-20-9-10(8-18-20)6-12(19-17)7-11-4-3-5-13(15)14(11)16/h3-5,8-9,12,19H,2,6-7,17H2,1H3. The fourth-order valence-corrected chi connectivity index (χ4v) is 2.13. The average molecular weight is 280 g/mol. The van der Waals surface area contributed by atoms with E-state index in [1.165, 1.54) is 6.07 Å². The Balaban J connectivity index is 2.07. The number of nitrogens with one attached hydrogen (secondary N) is 1. The van der Waals surface area contributed by atoms with Crippen LogP contribution < -0.4 is 11.3 Å². The molecule has 1 atom stereocenters. The Hall–Kier alpha value is -1.79. The third-order valence-corrected chi connectivity index (χ3v) is 3.23. The van der Waals surface area contributed by atoms with Crippen molar-refractivity contribution in [1.29, 1.82) is 0 Å². The number of rotatable bonds is 6. The maximum absolute atomic E-state index is 13.6. The summed E-state index contributed by atoms with van der Waals surface area (Å²) < 4.78 is 28.6. The van der Waals surface area contributed by atoms with E-state index in [9.17, 15) is 8.78 Å². The second kappa shape index (κ2) is 6.58. The number of aromatic nitrogens is 2. The molecule has 0 amide bonds. The van der Waals surface area contributed by atoms with Crippen LogP contribution in [0.5, 0.6) is 0 Å². The van der Waals surface area contributed by atoms with Gasteiger partial charge in [0.15, 0.2) is 11.6 Å². The van der Waals surface area contributed by atoms with E-state index in [0.717, 1.165) is 18.2 Å². The molecular formula is C14H18F2N4. The third-order valence-electron chi connectivity index (χ3n) is 3.23. The van der Waals surface area contributed by atoms with Gasteiger partial charge in [-0.2, -0.15) is 5.10 Å². The van der Waals surface area contributed by atoms with Crippen LogP contribution in [0, 0.1) is 11.6 Å². The largest absolute Gasteiger partial charge is 0.273 e. The molecule has 1 unspecified atom stereocenters. The van der Waals surface area contributed by atoms with Gasteiger partial charge in [-0.15, -0.1) is 0 Å². The normalized spacial score (nSPS) is 12.6. The van der Waals surface area contributed by atoms with Gasteiger partial charge in [0.1, 0.15) is 0 Å². The molecule has 0 saturated carbocycles. The van der Waals surface area contributed by atoms with Crippen LogP contribution in [0.4, 0.5) is 8.78 Å². The Morgan fingerprint density at radius 2 is 2.15 bits per heavy atom. The lowest BCUT2D eigenvalue weighted by atomic mass is 10.0. The van der Waals surface area contributed by atoms with Crippen molar-refractivity contribution >= 4 is 0 Å². The summed E-state index contributed by atoms with van der Waals surface area (Å²) in [7, 11) is 0. The Morgan fingerprint density at radius 3 is 2.80 bits per heavy atom. The first-order valence-corrected chi connectivity index (χ1v) is 6.54. The highest BCUT2D eigenvalue weighted by Crippen LogP contribution is 2.15. The Kier molecular flexibility index (Phi) is 4.81. The first-order chi connectivity index (χ1) is 9.63. The Bertz CT molecular complexity index is 568. The fourth-order valence-electron chi connectivity index (χ4n) is 2.13. The molecule has 0 bridgehead atoms. The minimum Gasteiger partial charge on any atom is -0.273 e. The van der Waals surface area contributed by atoms with Crippen LogP contribution in [0.25, 0.3) is 0 Å². The van der Waals surface area contributed by atoms with Gasteiger partial charge in [-0.1, -0.05) is 12.1 Å². The molecule has 108 valence electrons. The lowest BCUT2D eigenvalue weighted by molar-refractivity contribution is 0.474. The Labute approximate surface area is 116 Å². The number of hydrogen-bond acceptors (Lipinski definition) is 3. The number of nitrogens with two attached hydrogens (primary N) is 1. The molecule has 1 heterocycles. The molecule has 20 heavy (non-hydrogen) atoms. The quantitative estimate of drug-likeness (QED) is 0.626. The van der Waals surface area contributed by atoms with Crippen LogP contribution in [0.3, 0.4) is 0 Å². The molecule has 3 N–H and O–H groups in total. The first kappa shape index (κ1) is 14.6. The predicted molar refractivity (Wildman–Crippen MR) is 72.8 cm³/mol. The smallest absolute Gasteiger partial charge is 0.162 e. The van der Waals surface area contributed by atoms with Gasteiger partial charge in [0.25, 0.3) is 0 Å².